The van der Waals surface area contributed by atoms with Crippen LogP contribution in [-0.4, -0.2) is 35.8 Å². The first kappa shape index (κ1) is 24.1. The number of nitrogens with zero attached hydrogens (tertiary/aromatic N) is 1. The summed E-state index contributed by atoms with van der Waals surface area (Å²) in [6, 6.07) is 20.3. The van der Waals surface area contributed by atoms with E-state index in [0.29, 0.717) is 34.8 Å². The number of ether oxygens (including phenoxy) is 1. The van der Waals surface area contributed by atoms with Crippen molar-refractivity contribution < 1.29 is 19.1 Å². The Morgan fingerprint density at radius 1 is 0.972 bits per heavy atom. The van der Waals surface area contributed by atoms with Crippen LogP contribution in [0.5, 0.6) is 0 Å². The van der Waals surface area contributed by atoms with Gasteiger partial charge in [-0.3, -0.25) is 14.4 Å². The molecule has 1 N–H and O–H groups in total. The van der Waals surface area contributed by atoms with Crippen molar-refractivity contribution in [3.63, 3.8) is 0 Å². The van der Waals surface area contributed by atoms with E-state index in [-0.39, 0.29) is 29.7 Å². The van der Waals surface area contributed by atoms with E-state index in [1.54, 1.807) is 24.3 Å². The molecule has 0 bridgehead atoms. The molecular weight excluding hydrogens is 476 g/mol. The number of carbonyl (C=O) groups is 3. The molecular formula is C29H27ClN2O4. The molecule has 0 saturated heterocycles. The lowest BCUT2D eigenvalue weighted by Crippen LogP contribution is -2.40. The fourth-order valence-electron chi connectivity index (χ4n) is 5.18. The van der Waals surface area contributed by atoms with Crippen molar-refractivity contribution in [1.82, 2.24) is 4.90 Å². The minimum atomic E-state index is -0.209. The average molecular weight is 503 g/mol. The molecule has 1 saturated carbocycles. The van der Waals surface area contributed by atoms with Gasteiger partial charge in [0.15, 0.2) is 0 Å². The van der Waals surface area contributed by atoms with Crippen LogP contribution in [0.4, 0.5) is 5.69 Å². The summed E-state index contributed by atoms with van der Waals surface area (Å²) in [5.74, 6) is -0.507. The van der Waals surface area contributed by atoms with Crippen molar-refractivity contribution in [2.45, 2.75) is 38.3 Å². The molecule has 1 fully saturated rings. The fraction of sp³-hybridized carbons (Fsp3) is 0.276. The van der Waals surface area contributed by atoms with Crippen LogP contribution in [0.2, 0.25) is 5.02 Å². The van der Waals surface area contributed by atoms with Gasteiger partial charge in [-0.2, -0.15) is 0 Å². The van der Waals surface area contributed by atoms with Gasteiger partial charge in [0.1, 0.15) is 0 Å². The summed E-state index contributed by atoms with van der Waals surface area (Å²) in [4.78, 5) is 39.7. The van der Waals surface area contributed by atoms with E-state index in [1.165, 1.54) is 7.11 Å². The van der Waals surface area contributed by atoms with Crippen LogP contribution in [-0.2, 0) is 16.1 Å². The zero-order valence-electron chi connectivity index (χ0n) is 20.0. The SMILES string of the molecule is COC(=O)C1CCCC(N2Cc3ccc(-c4ccc(NC(=O)c5ccc(Cl)cc5)cc4)cc3C2=O)C1. The van der Waals surface area contributed by atoms with Crippen molar-refractivity contribution >= 4 is 35.1 Å². The van der Waals surface area contributed by atoms with Crippen molar-refractivity contribution in [3.05, 3.63) is 88.4 Å². The normalized spacial score (nSPS) is 19.1. The van der Waals surface area contributed by atoms with Gasteiger partial charge in [-0.25, -0.2) is 0 Å². The van der Waals surface area contributed by atoms with Gasteiger partial charge in [0.25, 0.3) is 11.8 Å². The second kappa shape index (κ2) is 10.2. The minimum Gasteiger partial charge on any atom is -0.469 e. The third-order valence-corrected chi connectivity index (χ3v) is 7.40. The van der Waals surface area contributed by atoms with E-state index in [9.17, 15) is 14.4 Å². The smallest absolute Gasteiger partial charge is 0.308 e. The number of amides is 2. The maximum absolute atomic E-state index is 13.3. The molecule has 0 radical (unpaired) electrons. The van der Waals surface area contributed by atoms with Crippen LogP contribution >= 0.6 is 11.6 Å². The zero-order chi connectivity index (χ0) is 25.2. The van der Waals surface area contributed by atoms with Gasteiger partial charge >= 0.3 is 5.97 Å². The molecule has 0 aromatic heterocycles. The molecule has 184 valence electrons. The van der Waals surface area contributed by atoms with E-state index in [4.69, 9.17) is 16.3 Å². The van der Waals surface area contributed by atoms with E-state index < -0.39 is 0 Å². The summed E-state index contributed by atoms with van der Waals surface area (Å²) < 4.78 is 4.94. The van der Waals surface area contributed by atoms with Gasteiger partial charge < -0.3 is 15.0 Å². The molecule has 3 aromatic carbocycles. The minimum absolute atomic E-state index is 0.0224. The van der Waals surface area contributed by atoms with Crippen molar-refractivity contribution in [1.29, 1.82) is 0 Å². The highest BCUT2D eigenvalue weighted by atomic mass is 35.5. The Morgan fingerprint density at radius 3 is 2.42 bits per heavy atom. The summed E-state index contributed by atoms with van der Waals surface area (Å²) in [5.41, 5.74) is 4.83. The van der Waals surface area contributed by atoms with Gasteiger partial charge in [0.05, 0.1) is 13.0 Å². The molecule has 7 heteroatoms. The molecule has 1 aliphatic heterocycles. The number of methoxy groups -OCH3 is 1. The highest BCUT2D eigenvalue weighted by Crippen LogP contribution is 2.35. The van der Waals surface area contributed by atoms with Crippen molar-refractivity contribution in [2.24, 2.45) is 5.92 Å². The third-order valence-electron chi connectivity index (χ3n) is 7.15. The molecule has 3 aromatic rings. The van der Waals surface area contributed by atoms with Crippen molar-refractivity contribution in [2.75, 3.05) is 12.4 Å². The summed E-state index contributed by atoms with van der Waals surface area (Å²) >= 11 is 5.89. The van der Waals surface area contributed by atoms with Crippen LogP contribution < -0.4 is 5.32 Å². The van der Waals surface area contributed by atoms with Crippen LogP contribution in [0.3, 0.4) is 0 Å². The predicted molar refractivity (Wildman–Crippen MR) is 139 cm³/mol. The van der Waals surface area contributed by atoms with Gasteiger partial charge in [0, 0.05) is 34.4 Å². The molecule has 1 heterocycles. The molecule has 2 amide bonds. The second-order valence-corrected chi connectivity index (χ2v) is 9.82. The molecule has 5 rings (SSSR count). The third kappa shape index (κ3) is 4.86. The van der Waals surface area contributed by atoms with E-state index in [2.05, 4.69) is 5.32 Å². The van der Waals surface area contributed by atoms with Gasteiger partial charge in [-0.05, 0) is 78.4 Å². The number of esters is 1. The number of nitrogens with one attached hydrogen (secondary N) is 1. The lowest BCUT2D eigenvalue weighted by molar-refractivity contribution is -0.147. The predicted octanol–water partition coefficient (Wildman–Crippen LogP) is 5.95. The molecule has 1 aliphatic carbocycles. The Labute approximate surface area is 215 Å². The van der Waals surface area contributed by atoms with Crippen LogP contribution in [0.25, 0.3) is 11.1 Å². The first-order valence-electron chi connectivity index (χ1n) is 12.1. The van der Waals surface area contributed by atoms with E-state index in [1.807, 2.05) is 47.4 Å². The number of hydrogen-bond acceptors (Lipinski definition) is 4. The van der Waals surface area contributed by atoms with Crippen molar-refractivity contribution in [3.8, 4) is 11.1 Å². The van der Waals surface area contributed by atoms with Gasteiger partial charge in [-0.1, -0.05) is 42.3 Å². The standard InChI is InChI=1S/C29H27ClN2O4/c1-36-29(35)21-3-2-4-25(15-21)32-17-22-6-5-20(16-26(22)28(32)34)18-9-13-24(14-10-18)31-27(33)19-7-11-23(30)12-8-19/h5-14,16,21,25H,2-4,15,17H2,1H3,(H,31,33). The maximum atomic E-state index is 13.3. The molecule has 6 nitrogen and oxygen atoms in total. The number of anilines is 1. The maximum Gasteiger partial charge on any atom is 0.308 e. The van der Waals surface area contributed by atoms with E-state index in [0.717, 1.165) is 36.0 Å². The first-order chi connectivity index (χ1) is 17.4. The topological polar surface area (TPSA) is 75.7 Å². The lowest BCUT2D eigenvalue weighted by Gasteiger charge is -2.34. The summed E-state index contributed by atoms with van der Waals surface area (Å²) in [7, 11) is 1.42. The van der Waals surface area contributed by atoms with Crippen LogP contribution in [0, 0.1) is 5.92 Å². The van der Waals surface area contributed by atoms with E-state index >= 15 is 0 Å². The number of benzene rings is 3. The first-order valence-corrected chi connectivity index (χ1v) is 12.5. The fourth-order valence-corrected chi connectivity index (χ4v) is 5.30. The highest BCUT2D eigenvalue weighted by molar-refractivity contribution is 6.30. The molecule has 2 unspecified atom stereocenters. The Hall–Kier alpha value is -3.64. The number of hydrogen-bond donors (Lipinski definition) is 1. The molecule has 36 heavy (non-hydrogen) atoms. The Kier molecular flexibility index (Phi) is 6.79. The second-order valence-electron chi connectivity index (χ2n) is 9.38. The molecule has 2 aliphatic rings. The molecule has 0 spiro atoms. The zero-order valence-corrected chi connectivity index (χ0v) is 20.8. The number of halogens is 1. The number of rotatable bonds is 5. The summed E-state index contributed by atoms with van der Waals surface area (Å²) in [6.07, 6.45) is 3.29. The highest BCUT2D eigenvalue weighted by Gasteiger charge is 2.37. The summed E-state index contributed by atoms with van der Waals surface area (Å²) in [5, 5.41) is 3.47. The Bertz CT molecular complexity index is 1300. The van der Waals surface area contributed by atoms with Gasteiger partial charge in [-0.15, -0.1) is 0 Å². The Morgan fingerprint density at radius 2 is 1.69 bits per heavy atom. The van der Waals surface area contributed by atoms with Crippen LogP contribution in [0.1, 0.15) is 52.0 Å². The monoisotopic (exact) mass is 502 g/mol. The Balaban J connectivity index is 1.28. The summed E-state index contributed by atoms with van der Waals surface area (Å²) in [6.45, 7) is 0.572. The molecule has 2 atom stereocenters. The quantitative estimate of drug-likeness (QED) is 0.437. The van der Waals surface area contributed by atoms with Gasteiger partial charge in [0.2, 0.25) is 0 Å². The average Bonchev–Trinajstić information content (AvgIpc) is 3.24. The lowest BCUT2D eigenvalue weighted by atomic mass is 9.85. The number of carbonyl (C=O) groups excluding carboxylic acids is 3. The largest absolute Gasteiger partial charge is 0.469 e. The van der Waals surface area contributed by atoms with Crippen LogP contribution in [0.15, 0.2) is 66.7 Å². The number of fused-ring (bicyclic) bond motifs is 1.